The Kier molecular flexibility index (Phi) is 6.85. The van der Waals surface area contributed by atoms with Gasteiger partial charge in [-0.25, -0.2) is 0 Å². The van der Waals surface area contributed by atoms with E-state index in [1.807, 2.05) is 89.5 Å². The quantitative estimate of drug-likeness (QED) is 0.153. The molecule has 1 aromatic heterocycles. The molecule has 0 saturated carbocycles. The van der Waals surface area contributed by atoms with E-state index in [2.05, 4.69) is 40.8 Å². The summed E-state index contributed by atoms with van der Waals surface area (Å²) in [6.07, 6.45) is 1.89. The predicted octanol–water partition coefficient (Wildman–Crippen LogP) is 7.45. The molecule has 0 fully saturated rings. The number of aromatic nitrogens is 1. The number of hydrogen-bond acceptors (Lipinski definition) is 3. The van der Waals surface area contributed by atoms with E-state index >= 15 is 0 Å². The maximum Gasteiger partial charge on any atom is 0.309 e. The van der Waals surface area contributed by atoms with Crippen molar-refractivity contribution in [3.05, 3.63) is 129 Å². The number of carbonyl (C=O) groups excluding carboxylic acids is 2. The van der Waals surface area contributed by atoms with E-state index in [9.17, 15) is 9.59 Å². The summed E-state index contributed by atoms with van der Waals surface area (Å²) in [5.74, 6) is -0.431. The number of ether oxygens (including phenoxy) is 1. The molecule has 6 rings (SSSR count). The van der Waals surface area contributed by atoms with Gasteiger partial charge in [0.2, 0.25) is 0 Å². The molecule has 1 atom stereocenters. The van der Waals surface area contributed by atoms with Crippen LogP contribution in [0.25, 0.3) is 22.0 Å². The molecule has 0 saturated heterocycles. The summed E-state index contributed by atoms with van der Waals surface area (Å²) in [5, 5.41) is 1.04. The van der Waals surface area contributed by atoms with Crippen molar-refractivity contribution in [3.8, 4) is 11.1 Å². The van der Waals surface area contributed by atoms with Crippen molar-refractivity contribution in [2.45, 2.75) is 25.9 Å². The summed E-state index contributed by atoms with van der Waals surface area (Å²) < 4.78 is 8.64. The van der Waals surface area contributed by atoms with E-state index in [4.69, 9.17) is 4.74 Å². The number of hydrogen-bond donors (Lipinski definition) is 0. The van der Waals surface area contributed by atoms with Crippen LogP contribution >= 0.6 is 22.6 Å². The molecule has 0 bridgehead atoms. The Balaban J connectivity index is 1.30. The van der Waals surface area contributed by atoms with Gasteiger partial charge in [0.25, 0.3) is 5.91 Å². The van der Waals surface area contributed by atoms with Crippen LogP contribution in [-0.2, 0) is 29.0 Å². The minimum absolute atomic E-state index is 0.0397. The lowest BCUT2D eigenvalue weighted by Gasteiger charge is -2.22. The molecule has 5 heteroatoms. The van der Waals surface area contributed by atoms with Crippen LogP contribution < -0.4 is 0 Å². The maximum atomic E-state index is 13.9. The summed E-state index contributed by atoms with van der Waals surface area (Å²) in [7, 11) is 0. The third-order valence-electron chi connectivity index (χ3n) is 7.32. The number of halogens is 1. The first kappa shape index (κ1) is 24.6. The lowest BCUT2D eigenvalue weighted by atomic mass is 9.86. The van der Waals surface area contributed by atoms with Gasteiger partial charge >= 0.3 is 5.97 Å². The van der Waals surface area contributed by atoms with Crippen molar-refractivity contribution >= 4 is 45.4 Å². The molecule has 1 heterocycles. The molecule has 0 spiro atoms. The Hall–Kier alpha value is -3.71. The van der Waals surface area contributed by atoms with Gasteiger partial charge in [0.05, 0.1) is 11.4 Å². The SMILES string of the molecule is O=C(OCc1ccccc1)C1CCc2c(c3cc(I)ccc3n2C(=O)c2ccc(-c3ccccc3)cc2)C1. The molecule has 0 N–H and O–H groups in total. The maximum absolute atomic E-state index is 13.9. The number of rotatable bonds is 5. The van der Waals surface area contributed by atoms with E-state index in [0.29, 0.717) is 24.8 Å². The fraction of sp³-hybridized carbons (Fsp3) is 0.152. The molecule has 1 aliphatic rings. The highest BCUT2D eigenvalue weighted by molar-refractivity contribution is 14.1. The monoisotopic (exact) mass is 611 g/mol. The van der Waals surface area contributed by atoms with Crippen LogP contribution in [0.4, 0.5) is 0 Å². The molecule has 1 unspecified atom stereocenters. The number of nitrogens with zero attached hydrogens (tertiary/aromatic N) is 1. The molecule has 4 aromatic carbocycles. The average molecular weight is 611 g/mol. The van der Waals surface area contributed by atoms with E-state index in [1.165, 1.54) is 0 Å². The van der Waals surface area contributed by atoms with Gasteiger partial charge in [-0.1, -0.05) is 72.8 Å². The molecule has 0 radical (unpaired) electrons. The van der Waals surface area contributed by atoms with Crippen LogP contribution in [0.2, 0.25) is 0 Å². The zero-order valence-electron chi connectivity index (χ0n) is 20.8. The Morgan fingerprint density at radius 2 is 1.53 bits per heavy atom. The van der Waals surface area contributed by atoms with Crippen LogP contribution in [-0.4, -0.2) is 16.4 Å². The Morgan fingerprint density at radius 3 is 2.26 bits per heavy atom. The van der Waals surface area contributed by atoms with E-state index in [-0.39, 0.29) is 24.4 Å². The number of benzene rings is 4. The van der Waals surface area contributed by atoms with Gasteiger partial charge in [-0.2, -0.15) is 0 Å². The Bertz CT molecular complexity index is 1620. The molecule has 0 amide bonds. The van der Waals surface area contributed by atoms with Gasteiger partial charge < -0.3 is 4.74 Å². The molecule has 1 aliphatic carbocycles. The van der Waals surface area contributed by atoms with Gasteiger partial charge in [-0.3, -0.25) is 14.2 Å². The van der Waals surface area contributed by atoms with Crippen LogP contribution in [0.3, 0.4) is 0 Å². The van der Waals surface area contributed by atoms with E-state index in [1.54, 1.807) is 0 Å². The van der Waals surface area contributed by atoms with Crippen LogP contribution in [0, 0.1) is 9.49 Å². The number of fused-ring (bicyclic) bond motifs is 3. The normalized spacial score (nSPS) is 14.7. The van der Waals surface area contributed by atoms with Crippen molar-refractivity contribution in [1.29, 1.82) is 0 Å². The van der Waals surface area contributed by atoms with Gasteiger partial charge in [0.15, 0.2) is 0 Å². The topological polar surface area (TPSA) is 48.3 Å². The minimum Gasteiger partial charge on any atom is -0.461 e. The number of esters is 1. The molecule has 5 aromatic rings. The molecular weight excluding hydrogens is 585 g/mol. The highest BCUT2D eigenvalue weighted by Crippen LogP contribution is 2.36. The van der Waals surface area contributed by atoms with Crippen LogP contribution in [0.5, 0.6) is 0 Å². The second-order valence-corrected chi connectivity index (χ2v) is 10.9. The van der Waals surface area contributed by atoms with Crippen molar-refractivity contribution in [2.75, 3.05) is 0 Å². The first-order valence-electron chi connectivity index (χ1n) is 12.8. The third-order valence-corrected chi connectivity index (χ3v) is 7.99. The van der Waals surface area contributed by atoms with Crippen molar-refractivity contribution < 1.29 is 14.3 Å². The first-order chi connectivity index (χ1) is 18.6. The third kappa shape index (κ3) is 4.78. The highest BCUT2D eigenvalue weighted by atomic mass is 127. The second-order valence-electron chi connectivity index (χ2n) is 9.70. The van der Waals surface area contributed by atoms with Crippen LogP contribution in [0.1, 0.15) is 33.6 Å². The highest BCUT2D eigenvalue weighted by Gasteiger charge is 2.32. The fourth-order valence-corrected chi connectivity index (χ4v) is 5.87. The summed E-state index contributed by atoms with van der Waals surface area (Å²) >= 11 is 2.30. The molecule has 4 nitrogen and oxygen atoms in total. The fourth-order valence-electron chi connectivity index (χ4n) is 5.38. The minimum atomic E-state index is -0.219. The second kappa shape index (κ2) is 10.6. The summed E-state index contributed by atoms with van der Waals surface area (Å²) in [4.78, 5) is 26.9. The Morgan fingerprint density at radius 1 is 0.842 bits per heavy atom. The molecule has 188 valence electrons. The van der Waals surface area contributed by atoms with Gasteiger partial charge in [0.1, 0.15) is 6.61 Å². The summed E-state index contributed by atoms with van der Waals surface area (Å²) in [6, 6.07) is 33.9. The van der Waals surface area contributed by atoms with Crippen molar-refractivity contribution in [1.82, 2.24) is 4.57 Å². The molecular formula is C33H26INO3. The van der Waals surface area contributed by atoms with Crippen molar-refractivity contribution in [3.63, 3.8) is 0 Å². The molecule has 0 aliphatic heterocycles. The summed E-state index contributed by atoms with van der Waals surface area (Å²) in [6.45, 7) is 0.278. The number of carbonyl (C=O) groups is 2. The van der Waals surface area contributed by atoms with Gasteiger partial charge in [-0.05, 0) is 94.4 Å². The summed E-state index contributed by atoms with van der Waals surface area (Å²) in [5.41, 5.74) is 6.81. The Labute approximate surface area is 235 Å². The van der Waals surface area contributed by atoms with Crippen LogP contribution in [0.15, 0.2) is 103 Å². The standard InChI is InChI=1S/C33H26INO3/c34-27-16-18-31-29(20-27)28-19-26(33(37)38-21-22-7-3-1-4-8-22)15-17-30(28)35(31)32(36)25-13-11-24(12-14-25)23-9-5-2-6-10-23/h1-14,16,18,20,26H,15,17,19,21H2. The van der Waals surface area contributed by atoms with E-state index in [0.717, 1.165) is 42.4 Å². The van der Waals surface area contributed by atoms with E-state index < -0.39 is 0 Å². The lowest BCUT2D eigenvalue weighted by Crippen LogP contribution is -2.26. The van der Waals surface area contributed by atoms with Gasteiger partial charge in [0, 0.05) is 20.2 Å². The van der Waals surface area contributed by atoms with Crippen molar-refractivity contribution in [2.24, 2.45) is 5.92 Å². The first-order valence-corrected chi connectivity index (χ1v) is 13.9. The zero-order chi connectivity index (χ0) is 26.1. The smallest absolute Gasteiger partial charge is 0.309 e. The molecule has 38 heavy (non-hydrogen) atoms. The zero-order valence-corrected chi connectivity index (χ0v) is 22.9. The predicted molar refractivity (Wildman–Crippen MR) is 158 cm³/mol. The largest absolute Gasteiger partial charge is 0.461 e. The average Bonchev–Trinajstić information content (AvgIpc) is 3.29. The lowest BCUT2D eigenvalue weighted by molar-refractivity contribution is -0.150. The van der Waals surface area contributed by atoms with Gasteiger partial charge in [-0.15, -0.1) is 0 Å².